The molecule has 0 unspecified atom stereocenters. The van der Waals surface area contributed by atoms with E-state index in [1.54, 1.807) is 6.92 Å². The molecule has 100 valence electrons. The Bertz CT molecular complexity index is 769. The molecule has 3 rings (SSSR count). The lowest BCUT2D eigenvalue weighted by molar-refractivity contribution is 0.101. The lowest BCUT2D eigenvalue weighted by Crippen LogP contribution is -2.00. The number of benzene rings is 2. The standard InChI is InChI=1S/C18H17NO/c1-3-19-16-12-8-7-11-15(16)17(13(2)20)18(19)14-9-5-4-6-10-14/h4-12H,3H2,1-2H3. The summed E-state index contributed by atoms with van der Waals surface area (Å²) in [6.07, 6.45) is 0. The monoisotopic (exact) mass is 263 g/mol. The summed E-state index contributed by atoms with van der Waals surface area (Å²) < 4.78 is 2.22. The molecule has 0 aliphatic rings. The van der Waals surface area contributed by atoms with Crippen LogP contribution in [-0.4, -0.2) is 10.4 Å². The van der Waals surface area contributed by atoms with Crippen LogP contribution in [0.4, 0.5) is 0 Å². The Labute approximate surface area is 118 Å². The molecule has 20 heavy (non-hydrogen) atoms. The number of para-hydroxylation sites is 1. The van der Waals surface area contributed by atoms with Gasteiger partial charge in [-0.25, -0.2) is 0 Å². The van der Waals surface area contributed by atoms with Gasteiger partial charge in [-0.2, -0.15) is 0 Å². The van der Waals surface area contributed by atoms with Crippen LogP contribution in [0, 0.1) is 0 Å². The van der Waals surface area contributed by atoms with E-state index in [2.05, 4.69) is 29.7 Å². The highest BCUT2D eigenvalue weighted by molar-refractivity contribution is 6.12. The topological polar surface area (TPSA) is 22.0 Å². The van der Waals surface area contributed by atoms with E-state index in [0.29, 0.717) is 0 Å². The van der Waals surface area contributed by atoms with E-state index in [1.165, 1.54) is 0 Å². The Kier molecular flexibility index (Phi) is 3.15. The molecular formula is C18H17NO. The SMILES string of the molecule is CCn1c(-c2ccccc2)c(C(C)=O)c2ccccc21. The maximum Gasteiger partial charge on any atom is 0.162 e. The first-order valence-corrected chi connectivity index (χ1v) is 6.91. The zero-order chi connectivity index (χ0) is 14.1. The van der Waals surface area contributed by atoms with E-state index in [0.717, 1.165) is 34.3 Å². The molecule has 2 heteroatoms. The molecule has 0 fully saturated rings. The van der Waals surface area contributed by atoms with E-state index >= 15 is 0 Å². The van der Waals surface area contributed by atoms with Crippen molar-refractivity contribution in [2.45, 2.75) is 20.4 Å². The minimum atomic E-state index is 0.118. The zero-order valence-electron chi connectivity index (χ0n) is 11.8. The van der Waals surface area contributed by atoms with E-state index in [4.69, 9.17) is 0 Å². The first-order valence-electron chi connectivity index (χ1n) is 6.91. The van der Waals surface area contributed by atoms with Crippen LogP contribution in [0.1, 0.15) is 24.2 Å². The molecule has 0 amide bonds. The van der Waals surface area contributed by atoms with Crippen molar-refractivity contribution in [1.82, 2.24) is 4.57 Å². The van der Waals surface area contributed by atoms with Gasteiger partial charge in [0.15, 0.2) is 5.78 Å². The van der Waals surface area contributed by atoms with Gasteiger partial charge in [0, 0.05) is 17.4 Å². The van der Waals surface area contributed by atoms with E-state index in [1.807, 2.05) is 36.4 Å². The molecular weight excluding hydrogens is 246 g/mol. The average molecular weight is 263 g/mol. The van der Waals surface area contributed by atoms with Crippen molar-refractivity contribution in [3.63, 3.8) is 0 Å². The van der Waals surface area contributed by atoms with E-state index < -0.39 is 0 Å². The highest BCUT2D eigenvalue weighted by Crippen LogP contribution is 2.34. The lowest BCUT2D eigenvalue weighted by Gasteiger charge is -2.09. The molecule has 2 aromatic carbocycles. The number of hydrogen-bond donors (Lipinski definition) is 0. The molecule has 0 saturated heterocycles. The first kappa shape index (κ1) is 12.7. The Morgan fingerprint density at radius 2 is 1.65 bits per heavy atom. The fourth-order valence-electron chi connectivity index (χ4n) is 2.88. The number of hydrogen-bond acceptors (Lipinski definition) is 1. The minimum Gasteiger partial charge on any atom is -0.340 e. The molecule has 0 atom stereocenters. The molecule has 1 heterocycles. The van der Waals surface area contributed by atoms with E-state index in [9.17, 15) is 4.79 Å². The molecule has 0 radical (unpaired) electrons. The third-order valence-corrected chi connectivity index (χ3v) is 3.69. The van der Waals surface area contributed by atoms with Gasteiger partial charge in [0.05, 0.1) is 11.3 Å². The number of ketones is 1. The smallest absolute Gasteiger partial charge is 0.162 e. The number of rotatable bonds is 3. The molecule has 3 aromatic rings. The number of carbonyl (C=O) groups is 1. The van der Waals surface area contributed by atoms with Crippen molar-refractivity contribution in [1.29, 1.82) is 0 Å². The quantitative estimate of drug-likeness (QED) is 0.636. The van der Waals surface area contributed by atoms with Gasteiger partial charge in [-0.3, -0.25) is 4.79 Å². The van der Waals surface area contributed by atoms with Gasteiger partial charge in [-0.1, -0.05) is 48.5 Å². The molecule has 1 aromatic heterocycles. The predicted octanol–water partition coefficient (Wildman–Crippen LogP) is 4.53. The summed E-state index contributed by atoms with van der Waals surface area (Å²) >= 11 is 0. The van der Waals surface area contributed by atoms with Crippen LogP contribution in [0.15, 0.2) is 54.6 Å². The van der Waals surface area contributed by atoms with Crippen LogP contribution < -0.4 is 0 Å². The number of aryl methyl sites for hydroxylation is 1. The van der Waals surface area contributed by atoms with Crippen molar-refractivity contribution >= 4 is 16.7 Å². The summed E-state index contributed by atoms with van der Waals surface area (Å²) in [6, 6.07) is 18.3. The normalized spacial score (nSPS) is 10.9. The van der Waals surface area contributed by atoms with Gasteiger partial charge in [-0.05, 0) is 25.5 Å². The molecule has 0 aliphatic carbocycles. The van der Waals surface area contributed by atoms with Gasteiger partial charge in [0.2, 0.25) is 0 Å². The van der Waals surface area contributed by atoms with Gasteiger partial charge >= 0.3 is 0 Å². The minimum absolute atomic E-state index is 0.118. The molecule has 0 N–H and O–H groups in total. The molecule has 0 saturated carbocycles. The van der Waals surface area contributed by atoms with Gasteiger partial charge in [0.1, 0.15) is 0 Å². The van der Waals surface area contributed by atoms with Crippen LogP contribution in [0.3, 0.4) is 0 Å². The second-order valence-corrected chi connectivity index (χ2v) is 4.91. The van der Waals surface area contributed by atoms with Crippen molar-refractivity contribution in [3.05, 3.63) is 60.2 Å². The predicted molar refractivity (Wildman–Crippen MR) is 83.1 cm³/mol. The maximum absolute atomic E-state index is 12.2. The Morgan fingerprint density at radius 3 is 2.30 bits per heavy atom. The average Bonchev–Trinajstić information content (AvgIpc) is 2.82. The lowest BCUT2D eigenvalue weighted by atomic mass is 10.0. The number of fused-ring (bicyclic) bond motifs is 1. The number of carbonyl (C=O) groups excluding carboxylic acids is 1. The fraction of sp³-hybridized carbons (Fsp3) is 0.167. The highest BCUT2D eigenvalue weighted by atomic mass is 16.1. The third kappa shape index (κ3) is 1.85. The summed E-state index contributed by atoms with van der Waals surface area (Å²) in [5.41, 5.74) is 4.07. The summed E-state index contributed by atoms with van der Waals surface area (Å²) in [6.45, 7) is 4.61. The van der Waals surface area contributed by atoms with Crippen molar-refractivity contribution < 1.29 is 4.79 Å². The van der Waals surface area contributed by atoms with Crippen molar-refractivity contribution in [2.75, 3.05) is 0 Å². The van der Waals surface area contributed by atoms with E-state index in [-0.39, 0.29) is 5.78 Å². The van der Waals surface area contributed by atoms with Crippen molar-refractivity contribution in [3.8, 4) is 11.3 Å². The van der Waals surface area contributed by atoms with Crippen LogP contribution in [0.5, 0.6) is 0 Å². The second kappa shape index (κ2) is 4.97. The van der Waals surface area contributed by atoms with Gasteiger partial charge in [-0.15, -0.1) is 0 Å². The highest BCUT2D eigenvalue weighted by Gasteiger charge is 2.20. The van der Waals surface area contributed by atoms with Gasteiger partial charge in [0.25, 0.3) is 0 Å². The van der Waals surface area contributed by atoms with Crippen LogP contribution in [0.2, 0.25) is 0 Å². The second-order valence-electron chi connectivity index (χ2n) is 4.91. The maximum atomic E-state index is 12.2. The number of aromatic nitrogens is 1. The zero-order valence-corrected chi connectivity index (χ0v) is 11.8. The molecule has 0 aliphatic heterocycles. The molecule has 2 nitrogen and oxygen atoms in total. The first-order chi connectivity index (χ1) is 9.74. The molecule has 0 bridgehead atoms. The van der Waals surface area contributed by atoms with Gasteiger partial charge < -0.3 is 4.57 Å². The Balaban J connectivity index is 2.46. The Morgan fingerprint density at radius 1 is 1.00 bits per heavy atom. The summed E-state index contributed by atoms with van der Waals surface area (Å²) in [5, 5.41) is 1.04. The number of Topliss-reactive ketones (excluding diaryl/α,β-unsaturated/α-hetero) is 1. The Hall–Kier alpha value is -2.35. The third-order valence-electron chi connectivity index (χ3n) is 3.69. The summed E-state index contributed by atoms with van der Waals surface area (Å²) in [5.74, 6) is 0.118. The van der Waals surface area contributed by atoms with Crippen molar-refractivity contribution in [2.24, 2.45) is 0 Å². The summed E-state index contributed by atoms with van der Waals surface area (Å²) in [7, 11) is 0. The van der Waals surface area contributed by atoms with Crippen LogP contribution in [0.25, 0.3) is 22.2 Å². The molecule has 0 spiro atoms. The number of nitrogens with zero attached hydrogens (tertiary/aromatic N) is 1. The summed E-state index contributed by atoms with van der Waals surface area (Å²) in [4.78, 5) is 12.2. The van der Waals surface area contributed by atoms with Crippen LogP contribution >= 0.6 is 0 Å². The van der Waals surface area contributed by atoms with Crippen LogP contribution in [-0.2, 0) is 6.54 Å². The fourth-order valence-corrected chi connectivity index (χ4v) is 2.88. The largest absolute Gasteiger partial charge is 0.340 e.